The second-order valence-electron chi connectivity index (χ2n) is 14.4. The molecule has 0 N–H and O–H groups in total. The molecule has 0 spiro atoms. The molecular weight excluding hydrogens is 649 g/mol. The summed E-state index contributed by atoms with van der Waals surface area (Å²) in [7, 11) is 0. The molecule has 0 bridgehead atoms. The molecule has 0 saturated carbocycles. The maximum Gasteiger partial charge on any atom is 0.0702 e. The molecule has 2 aromatic heterocycles. The van der Waals surface area contributed by atoms with Crippen LogP contribution in [0.5, 0.6) is 0 Å². The fraction of sp³-hybridized carbons (Fsp3) is 0.0612. The maximum absolute atomic E-state index is 4.79. The number of thiol groups is 1. The highest BCUT2D eigenvalue weighted by molar-refractivity contribution is 7.80. The first kappa shape index (κ1) is 30.8. The topological polar surface area (TPSA) is 25.8 Å². The minimum absolute atomic E-state index is 0.203. The third kappa shape index (κ3) is 4.81. The van der Waals surface area contributed by atoms with E-state index in [0.717, 1.165) is 38.5 Å². The van der Waals surface area contributed by atoms with E-state index in [0.29, 0.717) is 0 Å². The van der Waals surface area contributed by atoms with E-state index in [2.05, 4.69) is 141 Å². The number of benzene rings is 7. The fourth-order valence-electron chi connectivity index (χ4n) is 8.39. The molecule has 52 heavy (non-hydrogen) atoms. The van der Waals surface area contributed by atoms with Crippen LogP contribution >= 0.6 is 12.6 Å². The molecule has 3 heteroatoms. The highest BCUT2D eigenvalue weighted by atomic mass is 32.1. The molecular formula is C49H34N2S. The van der Waals surface area contributed by atoms with Crippen LogP contribution in [-0.2, 0) is 5.41 Å². The average molecular weight is 683 g/mol. The van der Waals surface area contributed by atoms with Crippen molar-refractivity contribution in [2.24, 2.45) is 0 Å². The van der Waals surface area contributed by atoms with Gasteiger partial charge in [0, 0.05) is 33.8 Å². The van der Waals surface area contributed by atoms with E-state index in [1.165, 1.54) is 65.7 Å². The Hall–Kier alpha value is -6.03. The molecule has 0 atom stereocenters. The van der Waals surface area contributed by atoms with Gasteiger partial charge in [0.1, 0.15) is 0 Å². The Morgan fingerprint density at radius 3 is 1.48 bits per heavy atom. The van der Waals surface area contributed by atoms with Gasteiger partial charge in [-0.2, -0.15) is 0 Å². The zero-order chi connectivity index (χ0) is 35.0. The van der Waals surface area contributed by atoms with E-state index in [1.54, 1.807) is 0 Å². The molecule has 0 amide bonds. The first-order chi connectivity index (χ1) is 25.4. The summed E-state index contributed by atoms with van der Waals surface area (Å²) in [4.78, 5) is 10.5. The van der Waals surface area contributed by atoms with Crippen LogP contribution in [0.1, 0.15) is 25.0 Å². The van der Waals surface area contributed by atoms with E-state index < -0.39 is 0 Å². The molecule has 2 nitrogen and oxygen atoms in total. The van der Waals surface area contributed by atoms with E-state index in [4.69, 9.17) is 22.6 Å². The maximum atomic E-state index is 4.79. The third-order valence-electron chi connectivity index (χ3n) is 11.0. The van der Waals surface area contributed by atoms with Gasteiger partial charge < -0.3 is 0 Å². The van der Waals surface area contributed by atoms with Crippen LogP contribution in [0.3, 0.4) is 0 Å². The minimum atomic E-state index is -0.203. The molecule has 10 rings (SSSR count). The predicted octanol–water partition coefficient (Wildman–Crippen LogP) is 13.2. The number of nitrogens with zero attached hydrogens (tertiary/aromatic N) is 2. The summed E-state index contributed by atoms with van der Waals surface area (Å²) in [5.41, 5.74) is 13.8. The van der Waals surface area contributed by atoms with E-state index in [1.807, 2.05) is 36.7 Å². The molecule has 9 aromatic rings. The summed E-state index contributed by atoms with van der Waals surface area (Å²) in [6, 6.07) is 54.8. The highest BCUT2D eigenvalue weighted by Crippen LogP contribution is 2.53. The first-order valence-corrected chi connectivity index (χ1v) is 18.2. The van der Waals surface area contributed by atoms with E-state index in [9.17, 15) is 0 Å². The smallest absolute Gasteiger partial charge is 0.0702 e. The Balaban J connectivity index is 1.21. The van der Waals surface area contributed by atoms with Crippen molar-refractivity contribution < 1.29 is 0 Å². The quantitative estimate of drug-likeness (QED) is 0.144. The molecule has 246 valence electrons. The third-order valence-corrected chi connectivity index (χ3v) is 11.4. The normalized spacial score (nSPS) is 13.1. The zero-order valence-electron chi connectivity index (χ0n) is 28.9. The summed E-state index contributed by atoms with van der Waals surface area (Å²) < 4.78 is 0. The highest BCUT2D eigenvalue weighted by Gasteiger charge is 2.36. The molecule has 0 saturated heterocycles. The molecule has 2 heterocycles. The zero-order valence-corrected chi connectivity index (χ0v) is 29.8. The van der Waals surface area contributed by atoms with Crippen molar-refractivity contribution in [2.45, 2.75) is 24.2 Å². The Kier molecular flexibility index (Phi) is 6.96. The average Bonchev–Trinajstić information content (AvgIpc) is 3.43. The van der Waals surface area contributed by atoms with Gasteiger partial charge in [0.25, 0.3) is 0 Å². The van der Waals surface area contributed by atoms with Crippen molar-refractivity contribution >= 4 is 44.9 Å². The Bertz CT molecular complexity index is 2870. The van der Waals surface area contributed by atoms with Crippen molar-refractivity contribution in [2.75, 3.05) is 0 Å². The Morgan fingerprint density at radius 2 is 0.904 bits per heavy atom. The molecule has 0 unspecified atom stereocenters. The van der Waals surface area contributed by atoms with Gasteiger partial charge in [0.2, 0.25) is 0 Å². The Labute approximate surface area is 308 Å². The summed E-state index contributed by atoms with van der Waals surface area (Å²) in [6.45, 7) is 4.73. The molecule has 0 fully saturated rings. The Morgan fingerprint density at radius 1 is 0.404 bits per heavy atom. The van der Waals surface area contributed by atoms with Crippen molar-refractivity contribution in [3.05, 3.63) is 175 Å². The molecule has 0 radical (unpaired) electrons. The van der Waals surface area contributed by atoms with Gasteiger partial charge in [-0.3, -0.25) is 9.97 Å². The summed E-state index contributed by atoms with van der Waals surface area (Å²) in [6.07, 6.45) is 3.77. The number of hydrogen-bond acceptors (Lipinski definition) is 3. The van der Waals surface area contributed by atoms with Crippen molar-refractivity contribution in [3.63, 3.8) is 0 Å². The standard InChI is InChI=1S/C49H34N2S/c1-49(2)42-28-35(44-16-5-7-21-50-44)26-40-38-20-19-33(25-39(38)41-27-36(45-17-6-8-22-51-45)29-43(49)48(41)47(40)42)31-12-9-11-30(23-31)32-13-10-14-34(24-32)37-15-3-4-18-46(37)52/h3-29,52H,1-2H3. The van der Waals surface area contributed by atoms with Crippen LogP contribution in [0.4, 0.5) is 0 Å². The number of hydrogen-bond donors (Lipinski definition) is 1. The van der Waals surface area contributed by atoms with Crippen molar-refractivity contribution in [1.82, 2.24) is 9.97 Å². The van der Waals surface area contributed by atoms with Gasteiger partial charge in [-0.05, 0) is 150 Å². The lowest BCUT2D eigenvalue weighted by molar-refractivity contribution is 0.663. The van der Waals surface area contributed by atoms with Crippen LogP contribution in [0, 0.1) is 0 Å². The van der Waals surface area contributed by atoms with E-state index >= 15 is 0 Å². The van der Waals surface area contributed by atoms with E-state index in [-0.39, 0.29) is 5.41 Å². The van der Waals surface area contributed by atoms with Gasteiger partial charge in [0.05, 0.1) is 11.4 Å². The van der Waals surface area contributed by atoms with Crippen LogP contribution in [0.15, 0.2) is 169 Å². The van der Waals surface area contributed by atoms with Crippen LogP contribution in [0.2, 0.25) is 0 Å². The van der Waals surface area contributed by atoms with Gasteiger partial charge in [0.15, 0.2) is 0 Å². The molecule has 1 aliphatic carbocycles. The van der Waals surface area contributed by atoms with Gasteiger partial charge in [-0.1, -0.05) is 92.7 Å². The first-order valence-electron chi connectivity index (χ1n) is 17.8. The van der Waals surface area contributed by atoms with Crippen molar-refractivity contribution in [1.29, 1.82) is 0 Å². The van der Waals surface area contributed by atoms with Gasteiger partial charge >= 0.3 is 0 Å². The van der Waals surface area contributed by atoms with Crippen molar-refractivity contribution in [3.8, 4) is 55.9 Å². The summed E-state index contributed by atoms with van der Waals surface area (Å²) in [5, 5.41) is 7.75. The van der Waals surface area contributed by atoms with Gasteiger partial charge in [-0.15, -0.1) is 12.6 Å². The number of fused-ring (bicyclic) bond motifs is 3. The lowest BCUT2D eigenvalue weighted by Crippen LogP contribution is -2.15. The second kappa shape index (κ2) is 11.8. The van der Waals surface area contributed by atoms with Gasteiger partial charge in [-0.25, -0.2) is 0 Å². The summed E-state index contributed by atoms with van der Waals surface area (Å²) >= 11 is 4.74. The van der Waals surface area contributed by atoms with Crippen LogP contribution < -0.4 is 0 Å². The lowest BCUT2D eigenvalue weighted by atomic mass is 9.80. The SMILES string of the molecule is CC1(C)c2cc(-c3ccccn3)cc3c4ccc(-c5cccc(-c6cccc(-c7ccccc7S)c6)c5)cc4c4cc(-c5ccccn5)cc1c4c23. The fourth-order valence-corrected chi connectivity index (χ4v) is 8.68. The summed E-state index contributed by atoms with van der Waals surface area (Å²) in [5.74, 6) is 0. The van der Waals surface area contributed by atoms with Crippen LogP contribution in [0.25, 0.3) is 88.2 Å². The molecule has 7 aromatic carbocycles. The molecule has 1 aliphatic rings. The lowest BCUT2D eigenvalue weighted by Gasteiger charge is -2.23. The molecule has 0 aliphatic heterocycles. The number of pyridine rings is 2. The minimum Gasteiger partial charge on any atom is -0.256 e. The number of aromatic nitrogens is 2. The number of rotatable bonds is 5. The largest absolute Gasteiger partial charge is 0.256 e. The monoisotopic (exact) mass is 682 g/mol. The predicted molar refractivity (Wildman–Crippen MR) is 221 cm³/mol. The van der Waals surface area contributed by atoms with Crippen LogP contribution in [-0.4, -0.2) is 9.97 Å². The second-order valence-corrected chi connectivity index (χ2v) is 14.9.